The van der Waals surface area contributed by atoms with Crippen LogP contribution in [0.1, 0.15) is 166 Å². The monoisotopic (exact) mass is 1590 g/mol. The van der Waals surface area contributed by atoms with Gasteiger partial charge in [0.15, 0.2) is 0 Å². The van der Waals surface area contributed by atoms with Crippen LogP contribution in [0.2, 0.25) is 0 Å². The molecule has 0 saturated carbocycles. The van der Waals surface area contributed by atoms with Crippen molar-refractivity contribution < 1.29 is 191 Å². The minimum Gasteiger partial charge on any atom is -0.870 e. The zero-order valence-corrected chi connectivity index (χ0v) is 58.9. The van der Waals surface area contributed by atoms with Crippen molar-refractivity contribution in [1.29, 1.82) is 0 Å². The molecule has 0 amide bonds. The molecule has 44 heteroatoms. The van der Waals surface area contributed by atoms with Crippen molar-refractivity contribution in [2.45, 2.75) is 210 Å². The molecule has 0 spiro atoms. The topological polar surface area (TPSA) is 216 Å². The van der Waals surface area contributed by atoms with Crippen LogP contribution in [-0.2, 0) is 68.3 Å². The van der Waals surface area contributed by atoms with Crippen LogP contribution in [0.3, 0.4) is 0 Å². The van der Waals surface area contributed by atoms with E-state index in [1.54, 1.807) is 0 Å². The zero-order chi connectivity index (χ0) is 64.9. The third-order valence-corrected chi connectivity index (χ3v) is 5.74. The second kappa shape index (κ2) is 37.5. The van der Waals surface area contributed by atoms with E-state index in [2.05, 4.69) is 209 Å². The third-order valence-electron chi connectivity index (χ3n) is 5.74. The van der Waals surface area contributed by atoms with Crippen LogP contribution in [0, 0.1) is 0 Å². The van der Waals surface area contributed by atoms with Gasteiger partial charge in [0, 0.05) is 96.7 Å². The second-order valence-corrected chi connectivity index (χ2v) is 32.9. The minimum atomic E-state index is -10.7. The van der Waals surface area contributed by atoms with Crippen molar-refractivity contribution in [3.63, 3.8) is 0 Å². The van der Waals surface area contributed by atoms with E-state index in [-0.39, 0.29) is 134 Å². The van der Waals surface area contributed by atoms with Crippen molar-refractivity contribution in [1.82, 2.24) is 42.5 Å². The smallest absolute Gasteiger partial charge is 0.870 e. The molecule has 0 unspecified atom stereocenters. The second-order valence-electron chi connectivity index (χ2n) is 25.2. The number of hydrogen-bond acceptors (Lipinski definition) is 12. The first kappa shape index (κ1) is 127. The Morgan fingerprint density at radius 1 is 0.167 bits per heavy atom. The first-order valence-electron chi connectivity index (χ1n) is 22.9. The van der Waals surface area contributed by atoms with Crippen LogP contribution in [0.25, 0.3) is 0 Å². The minimum absolute atomic E-state index is 0. The molecule has 0 saturated heterocycles. The molecule has 0 aliphatic rings. The maximum atomic E-state index is 9.87. The fraction of sp³-hybridized carbons (Fsp3) is 1.00. The summed E-state index contributed by atoms with van der Waals surface area (Å²) in [5, 5.41) is 27.5. The standard InChI is InChI=1S/4C10H24N2.4Cu.4F6P.4H2O/c4*1-9(2,3)11-7-8-12-10(4,5)6;;;;;4*1-7(2,3,4,5)6;;;;/h4*11-12H,7-8H2,1-6H3;;;;;;;;;4*1H2/q;;;;4*+2;4*-1;;;;/p-4. The van der Waals surface area contributed by atoms with Crippen LogP contribution in [-0.4, -0.2) is 119 Å². The van der Waals surface area contributed by atoms with Gasteiger partial charge in [-0.3, -0.25) is 0 Å². The summed E-state index contributed by atoms with van der Waals surface area (Å²) in [6.07, 6.45) is 0. The molecule has 0 aliphatic heterocycles. The van der Waals surface area contributed by atoms with Gasteiger partial charge in [-0.2, -0.15) is 0 Å². The van der Waals surface area contributed by atoms with Crippen LogP contribution >= 0.6 is 31.2 Å². The molecule has 0 atom stereocenters. The number of halogens is 24. The molecule has 84 heavy (non-hydrogen) atoms. The first-order valence-corrected chi connectivity index (χ1v) is 31.0. The predicted molar refractivity (Wildman–Crippen MR) is 284 cm³/mol. The SMILES string of the molecule is CC(C)(C)NCCNC(C)(C)C.CC(C)(C)NCCNC(C)(C)C.CC(C)(C)NCCNC(C)(C)C.CC(C)(C)NCCNC(C)(C)C.F[P-](F)(F)(F)(F)F.F[P-](F)(F)(F)(F)F.F[P-](F)(F)(F)(F)F.F[P-](F)(F)(F)(F)F.[Cu+2].[Cu+2].[Cu+2].[Cu+2].[OH-].[OH-].[OH-].[OH-]. The quantitative estimate of drug-likeness (QED) is 0.0396. The van der Waals surface area contributed by atoms with Crippen molar-refractivity contribution in [3.05, 3.63) is 0 Å². The van der Waals surface area contributed by atoms with Crippen LogP contribution < -0.4 is 42.5 Å². The third kappa shape index (κ3) is 403. The van der Waals surface area contributed by atoms with E-state index in [1.807, 2.05) is 0 Å². The van der Waals surface area contributed by atoms with Crippen LogP contribution in [0.5, 0.6) is 0 Å². The molecule has 0 aliphatic carbocycles. The van der Waals surface area contributed by atoms with Crippen molar-refractivity contribution in [2.75, 3.05) is 52.4 Å². The molecule has 0 aromatic heterocycles. The van der Waals surface area contributed by atoms with Gasteiger partial charge in [-0.25, -0.2) is 0 Å². The van der Waals surface area contributed by atoms with E-state index >= 15 is 0 Å². The van der Waals surface area contributed by atoms with Gasteiger partial charge in [0.1, 0.15) is 0 Å². The van der Waals surface area contributed by atoms with Crippen molar-refractivity contribution >= 4 is 31.2 Å². The average molecular weight is 1590 g/mol. The van der Waals surface area contributed by atoms with Gasteiger partial charge in [-0.05, 0) is 166 Å². The Hall–Kier alpha value is 1.64. The molecule has 12 N–H and O–H groups in total. The summed E-state index contributed by atoms with van der Waals surface area (Å²) in [6, 6.07) is 0. The Labute approximate surface area is 525 Å². The molecule has 0 rings (SSSR count). The van der Waals surface area contributed by atoms with Crippen LogP contribution in [0.4, 0.5) is 101 Å². The molecular formula is C40H100Cu4F24N8O4P4. The molecule has 0 bridgehead atoms. The summed E-state index contributed by atoms with van der Waals surface area (Å²) in [6.45, 7) is 60.7. The fourth-order valence-electron chi connectivity index (χ4n) is 3.50. The number of rotatable bonds is 12. The van der Waals surface area contributed by atoms with E-state index in [0.717, 1.165) is 52.4 Å². The summed E-state index contributed by atoms with van der Waals surface area (Å²) in [7, 11) is -42.6. The summed E-state index contributed by atoms with van der Waals surface area (Å²) in [5.41, 5.74) is 1.89. The van der Waals surface area contributed by atoms with Crippen molar-refractivity contribution in [3.8, 4) is 0 Å². The average Bonchev–Trinajstić information content (AvgIpc) is 2.89. The van der Waals surface area contributed by atoms with Gasteiger partial charge in [-0.15, -0.1) is 0 Å². The Bertz CT molecular complexity index is 1270. The number of nitrogens with one attached hydrogen (secondary N) is 8. The van der Waals surface area contributed by atoms with E-state index < -0.39 is 31.2 Å². The molecule has 556 valence electrons. The molecule has 12 nitrogen and oxygen atoms in total. The van der Waals surface area contributed by atoms with Crippen LogP contribution in [0.15, 0.2) is 0 Å². The summed E-state index contributed by atoms with van der Waals surface area (Å²) in [4.78, 5) is 0. The summed E-state index contributed by atoms with van der Waals surface area (Å²) < 4.78 is 237. The summed E-state index contributed by atoms with van der Waals surface area (Å²) in [5.74, 6) is 0. The Morgan fingerprint density at radius 2 is 0.202 bits per heavy atom. The van der Waals surface area contributed by atoms with Gasteiger partial charge in [-0.1, -0.05) is 0 Å². The predicted octanol–water partition coefficient (Wildman–Crippen LogP) is 19.9. The summed E-state index contributed by atoms with van der Waals surface area (Å²) >= 11 is 0. The van der Waals surface area contributed by atoms with E-state index in [0.29, 0.717) is 0 Å². The fourth-order valence-corrected chi connectivity index (χ4v) is 3.50. The largest absolute Gasteiger partial charge is 2.00 e. The van der Waals surface area contributed by atoms with Crippen molar-refractivity contribution in [2.24, 2.45) is 0 Å². The Morgan fingerprint density at radius 3 is 0.226 bits per heavy atom. The van der Waals surface area contributed by atoms with Gasteiger partial charge >= 0.3 is 200 Å². The zero-order valence-electron chi connectivity index (χ0n) is 51.5. The first-order chi connectivity index (χ1) is 30.6. The van der Waals surface area contributed by atoms with Gasteiger partial charge in [0.25, 0.3) is 0 Å². The van der Waals surface area contributed by atoms with Gasteiger partial charge in [0.2, 0.25) is 0 Å². The Balaban J connectivity index is -0.0000000448. The maximum absolute atomic E-state index is 10.7. The normalized spacial score (nSPS) is 15.4. The molecule has 0 aromatic rings. The molecular weight excluding hydrogens is 1490 g/mol. The van der Waals surface area contributed by atoms with E-state index in [9.17, 15) is 101 Å². The van der Waals surface area contributed by atoms with E-state index in [1.165, 1.54) is 0 Å². The molecule has 0 fully saturated rings. The molecule has 4 radical (unpaired) electrons. The Kier molecular flexibility index (Phi) is 56.5. The van der Waals surface area contributed by atoms with E-state index in [4.69, 9.17) is 0 Å². The van der Waals surface area contributed by atoms with Gasteiger partial charge in [0.05, 0.1) is 0 Å². The molecule has 0 aromatic carbocycles. The maximum Gasteiger partial charge on any atom is 2.00 e. The number of hydrogen-bond donors (Lipinski definition) is 8. The van der Waals surface area contributed by atoms with Gasteiger partial charge < -0.3 is 64.4 Å². The molecule has 0 heterocycles.